The predicted molar refractivity (Wildman–Crippen MR) is 142 cm³/mol. The minimum absolute atomic E-state index is 0.0603. The van der Waals surface area contributed by atoms with Gasteiger partial charge in [-0.25, -0.2) is 0 Å². The third-order valence-corrected chi connectivity index (χ3v) is 6.97. The minimum atomic E-state index is 0.0603. The Labute approximate surface area is 203 Å². The van der Waals surface area contributed by atoms with Crippen LogP contribution in [0, 0.1) is 5.92 Å². The molecule has 0 rings (SSSR count). The normalized spacial score (nSPS) is 12.2. The molecule has 0 aromatic carbocycles. The van der Waals surface area contributed by atoms with Gasteiger partial charge in [0.2, 0.25) is 0 Å². The van der Waals surface area contributed by atoms with Crippen molar-refractivity contribution in [2.45, 2.75) is 175 Å². The van der Waals surface area contributed by atoms with Crippen LogP contribution in [0.3, 0.4) is 0 Å². The van der Waals surface area contributed by atoms with Gasteiger partial charge in [0.25, 0.3) is 0 Å². The van der Waals surface area contributed by atoms with Gasteiger partial charge in [-0.2, -0.15) is 0 Å². The highest BCUT2D eigenvalue weighted by atomic mass is 16.5. The molecule has 0 amide bonds. The van der Waals surface area contributed by atoms with E-state index in [9.17, 15) is 4.79 Å². The summed E-state index contributed by atoms with van der Waals surface area (Å²) < 4.78 is 5.57. The second kappa shape index (κ2) is 26.7. The van der Waals surface area contributed by atoms with Crippen LogP contribution >= 0.6 is 0 Å². The van der Waals surface area contributed by atoms with E-state index >= 15 is 0 Å². The molecule has 192 valence electrons. The summed E-state index contributed by atoms with van der Waals surface area (Å²) in [6.07, 6.45) is 31.6. The second-order valence-electron chi connectivity index (χ2n) is 10.1. The van der Waals surface area contributed by atoms with E-state index < -0.39 is 0 Å². The van der Waals surface area contributed by atoms with Crippen LogP contribution < -0.4 is 0 Å². The lowest BCUT2D eigenvalue weighted by Crippen LogP contribution is -2.17. The Morgan fingerprint density at radius 3 is 1.22 bits per heavy atom. The van der Waals surface area contributed by atoms with Gasteiger partial charge in [-0.05, 0) is 19.3 Å². The molecule has 0 aromatic heterocycles. The molecule has 0 aliphatic carbocycles. The average molecular weight is 453 g/mol. The maximum absolute atomic E-state index is 12.3. The van der Waals surface area contributed by atoms with Crippen LogP contribution in [0.1, 0.15) is 175 Å². The Bertz CT molecular complexity index is 366. The van der Waals surface area contributed by atoms with Gasteiger partial charge in [0.15, 0.2) is 0 Å². The van der Waals surface area contributed by atoms with Crippen molar-refractivity contribution in [2.75, 3.05) is 6.61 Å². The minimum Gasteiger partial charge on any atom is -0.465 e. The van der Waals surface area contributed by atoms with Crippen molar-refractivity contribution in [3.05, 3.63) is 0 Å². The van der Waals surface area contributed by atoms with Crippen LogP contribution in [-0.2, 0) is 9.53 Å². The quantitative estimate of drug-likeness (QED) is 0.0963. The van der Waals surface area contributed by atoms with E-state index in [2.05, 4.69) is 20.8 Å². The number of esters is 1. The first-order valence-electron chi connectivity index (χ1n) is 14.9. The number of carbonyl (C=O) groups is 1. The summed E-state index contributed by atoms with van der Waals surface area (Å²) >= 11 is 0. The molecule has 0 spiro atoms. The molecule has 0 bridgehead atoms. The number of carbonyl (C=O) groups excluding carboxylic acids is 1. The van der Waals surface area contributed by atoms with Gasteiger partial charge < -0.3 is 4.74 Å². The molecule has 0 radical (unpaired) electrons. The van der Waals surface area contributed by atoms with Crippen LogP contribution in [0.4, 0.5) is 0 Å². The summed E-state index contributed by atoms with van der Waals surface area (Å²) in [4.78, 5) is 12.3. The van der Waals surface area contributed by atoms with Crippen molar-refractivity contribution >= 4 is 5.97 Å². The third-order valence-electron chi connectivity index (χ3n) is 6.97. The van der Waals surface area contributed by atoms with Gasteiger partial charge in [0.05, 0.1) is 12.5 Å². The number of hydrogen-bond donors (Lipinski definition) is 0. The molecule has 0 fully saturated rings. The maximum atomic E-state index is 12.3. The SMILES string of the molecule is CCCCCCCCCCCCCCCCC(CC)C(=O)OCCCCCCCCCC. The molecule has 0 aliphatic rings. The van der Waals surface area contributed by atoms with E-state index in [1.165, 1.54) is 135 Å². The smallest absolute Gasteiger partial charge is 0.308 e. The summed E-state index contributed by atoms with van der Waals surface area (Å²) in [5.74, 6) is 0.187. The standard InChI is InChI=1S/C30H60O2/c1-4-7-9-11-13-15-16-17-18-19-20-21-23-25-27-29(6-3)30(31)32-28-26-24-22-14-12-10-8-5-2/h29H,4-28H2,1-3H3. The van der Waals surface area contributed by atoms with Gasteiger partial charge in [-0.3, -0.25) is 4.79 Å². The molecule has 2 heteroatoms. The Morgan fingerprint density at radius 2 is 0.844 bits per heavy atom. The Kier molecular flexibility index (Phi) is 26.3. The number of ether oxygens (including phenoxy) is 1. The van der Waals surface area contributed by atoms with E-state index in [1.54, 1.807) is 0 Å². The molecule has 0 saturated heterocycles. The topological polar surface area (TPSA) is 26.3 Å². The fraction of sp³-hybridized carbons (Fsp3) is 0.967. The van der Waals surface area contributed by atoms with E-state index in [1.807, 2.05) is 0 Å². The summed E-state index contributed by atoms with van der Waals surface area (Å²) in [6.45, 7) is 7.31. The zero-order chi connectivity index (χ0) is 23.5. The summed E-state index contributed by atoms with van der Waals surface area (Å²) in [5.41, 5.74) is 0. The molecule has 0 heterocycles. The zero-order valence-electron chi connectivity index (χ0n) is 22.6. The van der Waals surface area contributed by atoms with Crippen molar-refractivity contribution in [3.63, 3.8) is 0 Å². The lowest BCUT2D eigenvalue weighted by Gasteiger charge is -2.14. The summed E-state index contributed by atoms with van der Waals surface area (Å²) in [6, 6.07) is 0. The molecule has 1 atom stereocenters. The first-order chi connectivity index (χ1) is 15.8. The van der Waals surface area contributed by atoms with Crippen LogP contribution in [0.15, 0.2) is 0 Å². The monoisotopic (exact) mass is 452 g/mol. The molecule has 32 heavy (non-hydrogen) atoms. The molecular formula is C30H60O2. The summed E-state index contributed by atoms with van der Waals surface area (Å²) in [5, 5.41) is 0. The van der Waals surface area contributed by atoms with Crippen molar-refractivity contribution in [1.29, 1.82) is 0 Å². The molecule has 0 aromatic rings. The lowest BCUT2D eigenvalue weighted by molar-refractivity contribution is -0.149. The van der Waals surface area contributed by atoms with Crippen molar-refractivity contribution < 1.29 is 9.53 Å². The Balaban J connectivity index is 3.42. The Morgan fingerprint density at radius 1 is 0.500 bits per heavy atom. The molecule has 0 saturated carbocycles. The van der Waals surface area contributed by atoms with E-state index in [4.69, 9.17) is 4.74 Å². The van der Waals surface area contributed by atoms with Crippen molar-refractivity contribution in [1.82, 2.24) is 0 Å². The van der Waals surface area contributed by atoms with Crippen LogP contribution in [0.25, 0.3) is 0 Å². The fourth-order valence-electron chi connectivity index (χ4n) is 4.60. The van der Waals surface area contributed by atoms with Gasteiger partial charge in [0.1, 0.15) is 0 Å². The Hall–Kier alpha value is -0.530. The number of unbranched alkanes of at least 4 members (excludes halogenated alkanes) is 20. The highest BCUT2D eigenvalue weighted by Crippen LogP contribution is 2.18. The molecular weight excluding hydrogens is 392 g/mol. The first-order valence-corrected chi connectivity index (χ1v) is 14.9. The predicted octanol–water partition coefficient (Wildman–Crippen LogP) is 10.6. The van der Waals surface area contributed by atoms with E-state index in [0.717, 1.165) is 19.3 Å². The molecule has 0 aliphatic heterocycles. The fourth-order valence-corrected chi connectivity index (χ4v) is 4.60. The largest absolute Gasteiger partial charge is 0.465 e. The molecule has 0 N–H and O–H groups in total. The maximum Gasteiger partial charge on any atom is 0.308 e. The number of hydrogen-bond acceptors (Lipinski definition) is 2. The van der Waals surface area contributed by atoms with Crippen LogP contribution in [0.5, 0.6) is 0 Å². The average Bonchev–Trinajstić information content (AvgIpc) is 2.80. The van der Waals surface area contributed by atoms with Crippen molar-refractivity contribution in [3.8, 4) is 0 Å². The van der Waals surface area contributed by atoms with Crippen LogP contribution in [0.2, 0.25) is 0 Å². The van der Waals surface area contributed by atoms with Gasteiger partial charge in [0, 0.05) is 0 Å². The van der Waals surface area contributed by atoms with Crippen LogP contribution in [-0.4, -0.2) is 12.6 Å². The highest BCUT2D eigenvalue weighted by Gasteiger charge is 2.17. The first kappa shape index (κ1) is 31.5. The van der Waals surface area contributed by atoms with E-state index in [-0.39, 0.29) is 11.9 Å². The van der Waals surface area contributed by atoms with E-state index in [0.29, 0.717) is 6.61 Å². The lowest BCUT2D eigenvalue weighted by atomic mass is 9.97. The van der Waals surface area contributed by atoms with Gasteiger partial charge in [-0.1, -0.05) is 156 Å². The number of rotatable bonds is 26. The second-order valence-corrected chi connectivity index (χ2v) is 10.1. The third kappa shape index (κ3) is 22.7. The molecule has 1 unspecified atom stereocenters. The van der Waals surface area contributed by atoms with Gasteiger partial charge >= 0.3 is 5.97 Å². The highest BCUT2D eigenvalue weighted by molar-refractivity contribution is 5.72. The van der Waals surface area contributed by atoms with Crippen molar-refractivity contribution in [2.24, 2.45) is 5.92 Å². The molecule has 2 nitrogen and oxygen atoms in total. The zero-order valence-corrected chi connectivity index (χ0v) is 22.6. The van der Waals surface area contributed by atoms with Gasteiger partial charge in [-0.15, -0.1) is 0 Å². The summed E-state index contributed by atoms with van der Waals surface area (Å²) in [7, 11) is 0.